The van der Waals surface area contributed by atoms with Crippen LogP contribution in [-0.2, 0) is 9.84 Å². The highest BCUT2D eigenvalue weighted by atomic mass is 32.2. The van der Waals surface area contributed by atoms with Crippen LogP contribution in [0.5, 0.6) is 0 Å². The third kappa shape index (κ3) is 3.13. The monoisotopic (exact) mass is 328 g/mol. The molecular weight excluding hydrogens is 312 g/mol. The summed E-state index contributed by atoms with van der Waals surface area (Å²) in [6, 6.07) is 19.7. The minimum Gasteiger partial charge on any atom is -0.224 e. The Balaban J connectivity index is 1.92. The van der Waals surface area contributed by atoms with E-state index in [9.17, 15) is 8.42 Å². The van der Waals surface area contributed by atoms with Crippen molar-refractivity contribution in [2.24, 2.45) is 0 Å². The fourth-order valence-electron chi connectivity index (χ4n) is 2.23. The second-order valence-electron chi connectivity index (χ2n) is 5.33. The summed E-state index contributed by atoms with van der Waals surface area (Å²) in [5, 5.41) is 0. The summed E-state index contributed by atoms with van der Waals surface area (Å²) in [5.41, 5.74) is 3.49. The Labute approximate surface area is 135 Å². The van der Waals surface area contributed by atoms with Crippen molar-refractivity contribution in [3.63, 3.8) is 0 Å². The molecule has 1 heterocycles. The van der Waals surface area contributed by atoms with Gasteiger partial charge in [0, 0.05) is 16.0 Å². The van der Waals surface area contributed by atoms with Gasteiger partial charge >= 0.3 is 0 Å². The van der Waals surface area contributed by atoms with E-state index in [4.69, 9.17) is 0 Å². The Morgan fingerprint density at radius 1 is 0.727 bits per heavy atom. The SMILES string of the molecule is Cc1ccc(-c2ccc(-c3ccc(S(C)(=O)=O)cc3)s2)cc1. The number of hydrogen-bond acceptors (Lipinski definition) is 3. The van der Waals surface area contributed by atoms with Gasteiger partial charge in [0.15, 0.2) is 9.84 Å². The molecule has 0 saturated heterocycles. The van der Waals surface area contributed by atoms with E-state index in [1.807, 2.05) is 12.1 Å². The lowest BCUT2D eigenvalue weighted by atomic mass is 10.1. The van der Waals surface area contributed by atoms with Crippen molar-refractivity contribution in [3.05, 3.63) is 66.2 Å². The Morgan fingerprint density at radius 2 is 1.18 bits per heavy atom. The highest BCUT2D eigenvalue weighted by Crippen LogP contribution is 2.34. The Bertz CT molecular complexity index is 887. The van der Waals surface area contributed by atoms with Crippen LogP contribution >= 0.6 is 11.3 Å². The number of benzene rings is 2. The predicted molar refractivity (Wildman–Crippen MR) is 93.0 cm³/mol. The van der Waals surface area contributed by atoms with Gasteiger partial charge < -0.3 is 0 Å². The van der Waals surface area contributed by atoms with Crippen LogP contribution in [0, 0.1) is 6.92 Å². The van der Waals surface area contributed by atoms with Gasteiger partial charge in [-0.15, -0.1) is 11.3 Å². The molecule has 0 unspecified atom stereocenters. The van der Waals surface area contributed by atoms with Gasteiger partial charge in [-0.25, -0.2) is 8.42 Å². The Kier molecular flexibility index (Phi) is 3.89. The number of aryl methyl sites for hydroxylation is 1. The molecule has 2 aromatic carbocycles. The average Bonchev–Trinajstić information content (AvgIpc) is 2.97. The Morgan fingerprint density at radius 3 is 1.64 bits per heavy atom. The van der Waals surface area contributed by atoms with Gasteiger partial charge in [0.25, 0.3) is 0 Å². The normalized spacial score (nSPS) is 11.5. The van der Waals surface area contributed by atoms with Crippen molar-refractivity contribution in [3.8, 4) is 20.9 Å². The van der Waals surface area contributed by atoms with Crippen molar-refractivity contribution in [1.29, 1.82) is 0 Å². The first-order valence-corrected chi connectivity index (χ1v) is 9.62. The third-order valence-corrected chi connectivity index (χ3v) is 5.82. The maximum atomic E-state index is 11.5. The van der Waals surface area contributed by atoms with Crippen molar-refractivity contribution in [2.45, 2.75) is 11.8 Å². The molecule has 1 aromatic heterocycles. The van der Waals surface area contributed by atoms with E-state index in [0.717, 1.165) is 10.4 Å². The molecule has 0 amide bonds. The van der Waals surface area contributed by atoms with E-state index in [-0.39, 0.29) is 0 Å². The maximum absolute atomic E-state index is 11.5. The van der Waals surface area contributed by atoms with Gasteiger partial charge in [-0.2, -0.15) is 0 Å². The van der Waals surface area contributed by atoms with Crippen LogP contribution in [0.2, 0.25) is 0 Å². The Hall–Kier alpha value is -1.91. The second-order valence-corrected chi connectivity index (χ2v) is 8.43. The molecular formula is C18H16O2S2. The zero-order valence-electron chi connectivity index (χ0n) is 12.4. The summed E-state index contributed by atoms with van der Waals surface area (Å²) in [7, 11) is -3.14. The van der Waals surface area contributed by atoms with Crippen molar-refractivity contribution in [2.75, 3.05) is 6.26 Å². The molecule has 0 atom stereocenters. The second kappa shape index (κ2) is 5.71. The first-order valence-electron chi connectivity index (χ1n) is 6.91. The summed E-state index contributed by atoms with van der Waals surface area (Å²) in [6.45, 7) is 2.08. The molecule has 0 spiro atoms. The summed E-state index contributed by atoms with van der Waals surface area (Å²) < 4.78 is 23.0. The van der Waals surface area contributed by atoms with E-state index in [2.05, 4.69) is 43.3 Å². The number of sulfone groups is 1. The predicted octanol–water partition coefficient (Wildman–Crippen LogP) is 4.79. The zero-order valence-corrected chi connectivity index (χ0v) is 14.0. The van der Waals surface area contributed by atoms with Crippen LogP contribution in [0.4, 0.5) is 0 Å². The van der Waals surface area contributed by atoms with Crippen LogP contribution in [0.3, 0.4) is 0 Å². The minimum atomic E-state index is -3.14. The first-order chi connectivity index (χ1) is 10.4. The van der Waals surface area contributed by atoms with Crippen molar-refractivity contribution < 1.29 is 8.42 Å². The fourth-order valence-corrected chi connectivity index (χ4v) is 3.88. The van der Waals surface area contributed by atoms with Crippen LogP contribution < -0.4 is 0 Å². The molecule has 0 fully saturated rings. The molecule has 0 radical (unpaired) electrons. The lowest BCUT2D eigenvalue weighted by Crippen LogP contribution is -1.95. The molecule has 0 saturated carbocycles. The molecule has 0 aliphatic heterocycles. The molecule has 3 rings (SSSR count). The van der Waals surface area contributed by atoms with Crippen LogP contribution in [0.1, 0.15) is 5.56 Å². The third-order valence-electron chi connectivity index (χ3n) is 3.51. The number of rotatable bonds is 3. The van der Waals surface area contributed by atoms with Crippen LogP contribution in [0.25, 0.3) is 20.9 Å². The minimum absolute atomic E-state index is 0.353. The van der Waals surface area contributed by atoms with E-state index in [0.29, 0.717) is 4.90 Å². The van der Waals surface area contributed by atoms with Crippen LogP contribution in [-0.4, -0.2) is 14.7 Å². The molecule has 0 bridgehead atoms. The first kappa shape index (κ1) is 15.0. The van der Waals surface area contributed by atoms with E-state index >= 15 is 0 Å². The number of hydrogen-bond donors (Lipinski definition) is 0. The molecule has 3 aromatic rings. The average molecular weight is 328 g/mol. The topological polar surface area (TPSA) is 34.1 Å². The maximum Gasteiger partial charge on any atom is 0.175 e. The standard InChI is InChI=1S/C18H16O2S2/c1-13-3-5-14(6-4-13)17-11-12-18(21-17)15-7-9-16(10-8-15)22(2,19)20/h3-12H,1-2H3. The van der Waals surface area contributed by atoms with Gasteiger partial charge in [-0.3, -0.25) is 0 Å². The summed E-state index contributed by atoms with van der Waals surface area (Å²) in [6.07, 6.45) is 1.22. The highest BCUT2D eigenvalue weighted by Gasteiger charge is 2.08. The molecule has 0 aliphatic rings. The molecule has 2 nitrogen and oxygen atoms in total. The van der Waals surface area contributed by atoms with E-state index in [1.165, 1.54) is 22.3 Å². The fraction of sp³-hybridized carbons (Fsp3) is 0.111. The lowest BCUT2D eigenvalue weighted by molar-refractivity contribution is 0.602. The largest absolute Gasteiger partial charge is 0.224 e. The van der Waals surface area contributed by atoms with E-state index < -0.39 is 9.84 Å². The molecule has 0 N–H and O–H groups in total. The quantitative estimate of drug-likeness (QED) is 0.692. The van der Waals surface area contributed by atoms with Gasteiger partial charge in [0.1, 0.15) is 0 Å². The summed E-state index contributed by atoms with van der Waals surface area (Å²) in [4.78, 5) is 2.70. The molecule has 112 valence electrons. The van der Waals surface area contributed by atoms with Crippen LogP contribution in [0.15, 0.2) is 65.6 Å². The smallest absolute Gasteiger partial charge is 0.175 e. The van der Waals surface area contributed by atoms with Crippen molar-refractivity contribution >= 4 is 21.2 Å². The molecule has 0 aliphatic carbocycles. The van der Waals surface area contributed by atoms with E-state index in [1.54, 1.807) is 23.5 Å². The van der Waals surface area contributed by atoms with Gasteiger partial charge in [0.2, 0.25) is 0 Å². The van der Waals surface area contributed by atoms with Gasteiger partial charge in [-0.1, -0.05) is 42.0 Å². The highest BCUT2D eigenvalue weighted by molar-refractivity contribution is 7.90. The summed E-state index contributed by atoms with van der Waals surface area (Å²) in [5.74, 6) is 0. The number of thiophene rings is 1. The zero-order chi connectivity index (χ0) is 15.7. The van der Waals surface area contributed by atoms with Gasteiger partial charge in [-0.05, 0) is 42.3 Å². The summed E-state index contributed by atoms with van der Waals surface area (Å²) >= 11 is 1.71. The van der Waals surface area contributed by atoms with Crippen molar-refractivity contribution in [1.82, 2.24) is 0 Å². The lowest BCUT2D eigenvalue weighted by Gasteiger charge is -2.01. The molecule has 4 heteroatoms. The van der Waals surface area contributed by atoms with Gasteiger partial charge in [0.05, 0.1) is 4.90 Å². The molecule has 22 heavy (non-hydrogen) atoms.